The number of hydrogen-bond acceptors (Lipinski definition) is 6. The summed E-state index contributed by atoms with van der Waals surface area (Å²) in [5.41, 5.74) is 0.943. The highest BCUT2D eigenvalue weighted by molar-refractivity contribution is 5.50. The Hall–Kier alpha value is -1.70. The lowest BCUT2D eigenvalue weighted by molar-refractivity contribution is -0.384. The maximum atomic E-state index is 10.6. The first-order valence-corrected chi connectivity index (χ1v) is 7.50. The molecule has 1 aromatic rings. The Morgan fingerprint density at radius 2 is 1.86 bits per heavy atom. The predicted octanol–water partition coefficient (Wildman–Crippen LogP) is 0.639. The van der Waals surface area contributed by atoms with Crippen molar-refractivity contribution in [1.82, 2.24) is 9.80 Å². The Morgan fingerprint density at radius 3 is 2.41 bits per heavy atom. The molecule has 22 heavy (non-hydrogen) atoms. The lowest BCUT2D eigenvalue weighted by Crippen LogP contribution is -2.48. The molecule has 7 heteroatoms. The largest absolute Gasteiger partial charge is 0.390 e. The van der Waals surface area contributed by atoms with Crippen LogP contribution in [0.1, 0.15) is 0 Å². The molecular weight excluding hydrogens is 284 g/mol. The normalized spacial score (nSPS) is 18.1. The third-order valence-corrected chi connectivity index (χ3v) is 4.05. The number of aliphatic hydroxyl groups is 1. The molecule has 0 saturated carbocycles. The average molecular weight is 308 g/mol. The van der Waals surface area contributed by atoms with Crippen LogP contribution < -0.4 is 4.90 Å². The maximum Gasteiger partial charge on any atom is 0.269 e. The van der Waals surface area contributed by atoms with Crippen LogP contribution in [0, 0.1) is 10.1 Å². The second-order valence-corrected chi connectivity index (χ2v) is 5.91. The van der Waals surface area contributed by atoms with Gasteiger partial charge in [0, 0.05) is 64.1 Å². The van der Waals surface area contributed by atoms with Gasteiger partial charge in [0.15, 0.2) is 0 Å². The van der Waals surface area contributed by atoms with E-state index in [1.54, 1.807) is 12.1 Å². The van der Waals surface area contributed by atoms with Crippen LogP contribution in [0.4, 0.5) is 11.4 Å². The quantitative estimate of drug-likeness (QED) is 0.614. The van der Waals surface area contributed by atoms with E-state index in [-0.39, 0.29) is 5.69 Å². The fourth-order valence-electron chi connectivity index (χ4n) is 2.64. The third-order valence-electron chi connectivity index (χ3n) is 4.05. The molecule has 0 aliphatic carbocycles. The number of piperazine rings is 1. The summed E-state index contributed by atoms with van der Waals surface area (Å²) in [4.78, 5) is 16.7. The number of β-amino-alcohol motifs (C(OH)–C–C–N with tert-alkyl or cyclic N) is 1. The molecule has 1 aliphatic heterocycles. The number of likely N-dealkylation sites (N-methyl/N-ethyl adjacent to an activating group) is 2. The van der Waals surface area contributed by atoms with Crippen LogP contribution in [-0.2, 0) is 0 Å². The summed E-state index contributed by atoms with van der Waals surface area (Å²) < 4.78 is 0. The number of anilines is 1. The summed E-state index contributed by atoms with van der Waals surface area (Å²) in [6, 6.07) is 6.39. The molecule has 1 heterocycles. The molecule has 1 saturated heterocycles. The molecule has 1 fully saturated rings. The Labute approximate surface area is 130 Å². The van der Waals surface area contributed by atoms with Gasteiger partial charge < -0.3 is 14.9 Å². The van der Waals surface area contributed by atoms with E-state index in [0.29, 0.717) is 13.1 Å². The molecule has 0 bridgehead atoms. The Bertz CT molecular complexity index is 486. The Kier molecular flexibility index (Phi) is 5.70. The first-order chi connectivity index (χ1) is 10.5. The van der Waals surface area contributed by atoms with Crippen molar-refractivity contribution in [1.29, 1.82) is 0 Å². The Morgan fingerprint density at radius 1 is 1.27 bits per heavy atom. The van der Waals surface area contributed by atoms with E-state index >= 15 is 0 Å². The van der Waals surface area contributed by atoms with Crippen molar-refractivity contribution in [3.8, 4) is 0 Å². The number of nitro groups is 1. The second kappa shape index (κ2) is 7.53. The zero-order chi connectivity index (χ0) is 16.1. The van der Waals surface area contributed by atoms with Gasteiger partial charge in [0.2, 0.25) is 0 Å². The van der Waals surface area contributed by atoms with Crippen LogP contribution in [0.2, 0.25) is 0 Å². The summed E-state index contributed by atoms with van der Waals surface area (Å²) >= 11 is 0. The molecule has 1 unspecified atom stereocenters. The lowest BCUT2D eigenvalue weighted by atomic mass is 10.2. The SMILES string of the molecule is CN1CCN(CC(O)CN(C)c2ccc([N+](=O)[O-])cc2)CC1. The molecule has 1 atom stereocenters. The molecule has 0 radical (unpaired) electrons. The number of rotatable bonds is 6. The minimum absolute atomic E-state index is 0.0788. The monoisotopic (exact) mass is 308 g/mol. The van der Waals surface area contributed by atoms with E-state index in [4.69, 9.17) is 0 Å². The van der Waals surface area contributed by atoms with Crippen LogP contribution in [0.25, 0.3) is 0 Å². The van der Waals surface area contributed by atoms with E-state index in [2.05, 4.69) is 16.8 Å². The van der Waals surface area contributed by atoms with Crippen molar-refractivity contribution < 1.29 is 10.0 Å². The van der Waals surface area contributed by atoms with Gasteiger partial charge in [0.05, 0.1) is 11.0 Å². The third kappa shape index (κ3) is 4.66. The number of nitro benzene ring substituents is 1. The number of benzene rings is 1. The van der Waals surface area contributed by atoms with Crippen LogP contribution in [0.3, 0.4) is 0 Å². The molecule has 0 spiro atoms. The van der Waals surface area contributed by atoms with E-state index in [1.807, 2.05) is 11.9 Å². The first kappa shape index (κ1) is 16.7. The number of nitrogens with zero attached hydrogens (tertiary/aromatic N) is 4. The lowest BCUT2D eigenvalue weighted by Gasteiger charge is -2.34. The highest BCUT2D eigenvalue weighted by Crippen LogP contribution is 2.18. The maximum absolute atomic E-state index is 10.6. The number of non-ortho nitro benzene ring substituents is 1. The van der Waals surface area contributed by atoms with Crippen molar-refractivity contribution in [3.63, 3.8) is 0 Å². The minimum Gasteiger partial charge on any atom is -0.390 e. The summed E-state index contributed by atoms with van der Waals surface area (Å²) in [5, 5.41) is 20.9. The topological polar surface area (TPSA) is 73.1 Å². The smallest absolute Gasteiger partial charge is 0.269 e. The zero-order valence-electron chi connectivity index (χ0n) is 13.2. The molecule has 0 aromatic heterocycles. The van der Waals surface area contributed by atoms with Gasteiger partial charge in [-0.05, 0) is 19.2 Å². The van der Waals surface area contributed by atoms with Crippen molar-refractivity contribution in [3.05, 3.63) is 34.4 Å². The van der Waals surface area contributed by atoms with Crippen LogP contribution >= 0.6 is 0 Å². The van der Waals surface area contributed by atoms with Gasteiger partial charge in [0.1, 0.15) is 0 Å². The number of hydrogen-bond donors (Lipinski definition) is 1. The van der Waals surface area contributed by atoms with Gasteiger partial charge in [-0.3, -0.25) is 15.0 Å². The van der Waals surface area contributed by atoms with E-state index in [1.165, 1.54) is 12.1 Å². The van der Waals surface area contributed by atoms with Gasteiger partial charge in [-0.25, -0.2) is 0 Å². The molecule has 7 nitrogen and oxygen atoms in total. The minimum atomic E-state index is -0.441. The zero-order valence-corrected chi connectivity index (χ0v) is 13.2. The fraction of sp³-hybridized carbons (Fsp3) is 0.600. The molecule has 122 valence electrons. The standard InChI is InChI=1S/C15H24N4O3/c1-16-7-9-18(10-8-16)12-15(20)11-17(2)13-3-5-14(6-4-13)19(21)22/h3-6,15,20H,7-12H2,1-2H3. The highest BCUT2D eigenvalue weighted by Gasteiger charge is 2.18. The first-order valence-electron chi connectivity index (χ1n) is 7.50. The van der Waals surface area contributed by atoms with E-state index < -0.39 is 11.0 Å². The van der Waals surface area contributed by atoms with Gasteiger partial charge >= 0.3 is 0 Å². The number of aliphatic hydroxyl groups excluding tert-OH is 1. The Balaban J connectivity index is 1.82. The molecule has 2 rings (SSSR count). The summed E-state index contributed by atoms with van der Waals surface area (Å²) in [7, 11) is 3.99. The summed E-state index contributed by atoms with van der Waals surface area (Å²) in [6.45, 7) is 5.19. The van der Waals surface area contributed by atoms with Crippen molar-refractivity contribution >= 4 is 11.4 Å². The van der Waals surface area contributed by atoms with Crippen LogP contribution in [0.15, 0.2) is 24.3 Å². The van der Waals surface area contributed by atoms with Crippen LogP contribution in [0.5, 0.6) is 0 Å². The van der Waals surface area contributed by atoms with Crippen molar-refractivity contribution in [2.24, 2.45) is 0 Å². The molecule has 1 aliphatic rings. The van der Waals surface area contributed by atoms with Gasteiger partial charge in [-0.2, -0.15) is 0 Å². The van der Waals surface area contributed by atoms with E-state index in [0.717, 1.165) is 31.9 Å². The molecule has 0 amide bonds. The fourth-order valence-corrected chi connectivity index (χ4v) is 2.64. The van der Waals surface area contributed by atoms with Crippen molar-refractivity contribution in [2.45, 2.75) is 6.10 Å². The molecular formula is C15H24N4O3. The van der Waals surface area contributed by atoms with Gasteiger partial charge in [-0.1, -0.05) is 0 Å². The van der Waals surface area contributed by atoms with Gasteiger partial charge in [-0.15, -0.1) is 0 Å². The van der Waals surface area contributed by atoms with Crippen molar-refractivity contribution in [2.75, 3.05) is 58.3 Å². The molecule has 1 N–H and O–H groups in total. The second-order valence-electron chi connectivity index (χ2n) is 5.91. The van der Waals surface area contributed by atoms with E-state index in [9.17, 15) is 15.2 Å². The summed E-state index contributed by atoms with van der Waals surface area (Å²) in [6.07, 6.45) is -0.441. The van der Waals surface area contributed by atoms with Crippen LogP contribution in [-0.4, -0.2) is 79.3 Å². The highest BCUT2D eigenvalue weighted by atomic mass is 16.6. The average Bonchev–Trinajstić information content (AvgIpc) is 2.49. The molecule has 1 aromatic carbocycles. The predicted molar refractivity (Wildman–Crippen MR) is 86.3 cm³/mol. The summed E-state index contributed by atoms with van der Waals surface area (Å²) in [5.74, 6) is 0. The van der Waals surface area contributed by atoms with Gasteiger partial charge in [0.25, 0.3) is 5.69 Å².